The van der Waals surface area contributed by atoms with Crippen LogP contribution in [0.4, 0.5) is 0 Å². The molecule has 1 rings (SSSR count). The second-order valence-electron chi connectivity index (χ2n) is 1.80. The van der Waals surface area contributed by atoms with Crippen LogP contribution in [0.3, 0.4) is 0 Å². The summed E-state index contributed by atoms with van der Waals surface area (Å²) in [5.41, 5.74) is 1.14. The molecule has 0 aromatic carbocycles. The highest BCUT2D eigenvalue weighted by Crippen LogP contribution is 1.97. The minimum Gasteiger partial charge on any atom is -0.293 e. The molecule has 0 amide bonds. The van der Waals surface area contributed by atoms with Gasteiger partial charge in [-0.3, -0.25) is 4.57 Å². The SMILES string of the molecule is C/C=C(/C)n1cnnc1. The van der Waals surface area contributed by atoms with Crippen molar-refractivity contribution in [3.8, 4) is 0 Å². The smallest absolute Gasteiger partial charge is 0.123 e. The molecule has 0 bridgehead atoms. The zero-order valence-corrected chi connectivity index (χ0v) is 5.57. The molecule has 0 spiro atoms. The maximum Gasteiger partial charge on any atom is 0.123 e. The Bertz CT molecular complexity index is 198. The van der Waals surface area contributed by atoms with E-state index >= 15 is 0 Å². The predicted molar refractivity (Wildman–Crippen MR) is 35.6 cm³/mol. The Kier molecular flexibility index (Phi) is 1.63. The van der Waals surface area contributed by atoms with Crippen molar-refractivity contribution in [1.29, 1.82) is 0 Å². The zero-order valence-electron chi connectivity index (χ0n) is 5.57. The Balaban J connectivity index is 2.90. The summed E-state index contributed by atoms with van der Waals surface area (Å²) in [5, 5.41) is 7.33. The molecule has 0 radical (unpaired) electrons. The molecule has 1 heterocycles. The van der Waals surface area contributed by atoms with E-state index < -0.39 is 0 Å². The van der Waals surface area contributed by atoms with Crippen molar-refractivity contribution in [2.24, 2.45) is 0 Å². The Morgan fingerprint density at radius 2 is 2.00 bits per heavy atom. The highest BCUT2D eigenvalue weighted by Gasteiger charge is 1.87. The third-order valence-corrected chi connectivity index (χ3v) is 1.24. The summed E-state index contributed by atoms with van der Waals surface area (Å²) in [6.07, 6.45) is 5.36. The minimum absolute atomic E-state index is 1.14. The number of aromatic nitrogens is 3. The molecule has 1 aromatic heterocycles. The van der Waals surface area contributed by atoms with Gasteiger partial charge in [0.1, 0.15) is 12.7 Å². The molecule has 0 saturated carbocycles. The highest BCUT2D eigenvalue weighted by atomic mass is 15.2. The molecular weight excluding hydrogens is 114 g/mol. The fraction of sp³-hybridized carbons (Fsp3) is 0.333. The number of allylic oxidation sites excluding steroid dienone is 2. The lowest BCUT2D eigenvalue weighted by atomic mass is 10.4. The van der Waals surface area contributed by atoms with Gasteiger partial charge in [0, 0.05) is 5.70 Å². The van der Waals surface area contributed by atoms with Crippen molar-refractivity contribution in [2.75, 3.05) is 0 Å². The molecule has 1 aromatic rings. The van der Waals surface area contributed by atoms with Gasteiger partial charge < -0.3 is 0 Å². The van der Waals surface area contributed by atoms with Crippen molar-refractivity contribution < 1.29 is 0 Å². The van der Waals surface area contributed by atoms with Crippen molar-refractivity contribution in [3.05, 3.63) is 18.7 Å². The third-order valence-electron chi connectivity index (χ3n) is 1.24. The van der Waals surface area contributed by atoms with Gasteiger partial charge >= 0.3 is 0 Å². The minimum atomic E-state index is 1.14. The first-order chi connectivity index (χ1) is 4.34. The number of nitrogens with zero attached hydrogens (tertiary/aromatic N) is 3. The summed E-state index contributed by atoms with van der Waals surface area (Å²) in [4.78, 5) is 0. The van der Waals surface area contributed by atoms with Crippen LogP contribution in [0, 0.1) is 0 Å². The molecule has 3 heteroatoms. The second-order valence-corrected chi connectivity index (χ2v) is 1.80. The van der Waals surface area contributed by atoms with Crippen LogP contribution in [-0.2, 0) is 0 Å². The fourth-order valence-corrected chi connectivity index (χ4v) is 0.532. The Morgan fingerprint density at radius 1 is 1.44 bits per heavy atom. The van der Waals surface area contributed by atoms with Crippen molar-refractivity contribution in [1.82, 2.24) is 14.8 Å². The summed E-state index contributed by atoms with van der Waals surface area (Å²) in [6.45, 7) is 3.98. The number of hydrogen-bond donors (Lipinski definition) is 0. The number of rotatable bonds is 1. The Morgan fingerprint density at radius 3 is 2.44 bits per heavy atom. The average Bonchev–Trinajstić information content (AvgIpc) is 2.37. The van der Waals surface area contributed by atoms with E-state index in [4.69, 9.17) is 0 Å². The van der Waals surface area contributed by atoms with Crippen LogP contribution in [0.25, 0.3) is 5.70 Å². The predicted octanol–water partition coefficient (Wildman–Crippen LogP) is 1.16. The van der Waals surface area contributed by atoms with E-state index in [9.17, 15) is 0 Å². The third kappa shape index (κ3) is 1.16. The van der Waals surface area contributed by atoms with Crippen LogP contribution < -0.4 is 0 Å². The average molecular weight is 123 g/mol. The van der Waals surface area contributed by atoms with E-state index in [0.29, 0.717) is 0 Å². The van der Waals surface area contributed by atoms with Gasteiger partial charge in [-0.1, -0.05) is 6.08 Å². The molecule has 0 aliphatic rings. The maximum absolute atomic E-state index is 3.66. The lowest BCUT2D eigenvalue weighted by Gasteiger charge is -1.95. The Hall–Kier alpha value is -1.12. The molecule has 48 valence electrons. The molecule has 0 unspecified atom stereocenters. The fourth-order valence-electron chi connectivity index (χ4n) is 0.532. The molecule has 9 heavy (non-hydrogen) atoms. The van der Waals surface area contributed by atoms with Gasteiger partial charge in [-0.2, -0.15) is 0 Å². The summed E-state index contributed by atoms with van der Waals surface area (Å²) >= 11 is 0. The van der Waals surface area contributed by atoms with E-state index in [1.807, 2.05) is 24.5 Å². The standard InChI is InChI=1S/C6H9N3/c1-3-6(2)9-4-7-8-5-9/h3-5H,1-2H3/b6-3-. The largest absolute Gasteiger partial charge is 0.293 e. The monoisotopic (exact) mass is 123 g/mol. The normalized spacial score (nSPS) is 12.0. The van der Waals surface area contributed by atoms with E-state index in [-0.39, 0.29) is 0 Å². The quantitative estimate of drug-likeness (QED) is 0.561. The molecule has 0 aliphatic carbocycles. The molecule has 3 nitrogen and oxygen atoms in total. The van der Waals surface area contributed by atoms with Crippen LogP contribution in [0.2, 0.25) is 0 Å². The number of hydrogen-bond acceptors (Lipinski definition) is 2. The topological polar surface area (TPSA) is 30.7 Å². The van der Waals surface area contributed by atoms with Gasteiger partial charge in [-0.15, -0.1) is 10.2 Å². The van der Waals surface area contributed by atoms with Gasteiger partial charge in [0.2, 0.25) is 0 Å². The van der Waals surface area contributed by atoms with E-state index in [0.717, 1.165) is 5.70 Å². The van der Waals surface area contributed by atoms with Gasteiger partial charge in [0.15, 0.2) is 0 Å². The Labute approximate surface area is 54.0 Å². The second kappa shape index (κ2) is 2.44. The zero-order chi connectivity index (χ0) is 6.69. The van der Waals surface area contributed by atoms with Gasteiger partial charge in [0.05, 0.1) is 0 Å². The lowest BCUT2D eigenvalue weighted by Crippen LogP contribution is -1.86. The van der Waals surface area contributed by atoms with Gasteiger partial charge in [-0.05, 0) is 13.8 Å². The van der Waals surface area contributed by atoms with Gasteiger partial charge in [-0.25, -0.2) is 0 Å². The summed E-state index contributed by atoms with van der Waals surface area (Å²) in [5.74, 6) is 0. The first-order valence-corrected chi connectivity index (χ1v) is 2.82. The molecular formula is C6H9N3. The van der Waals surface area contributed by atoms with Crippen LogP contribution in [0.1, 0.15) is 13.8 Å². The van der Waals surface area contributed by atoms with E-state index in [1.54, 1.807) is 12.7 Å². The van der Waals surface area contributed by atoms with Crippen molar-refractivity contribution in [3.63, 3.8) is 0 Å². The summed E-state index contributed by atoms with van der Waals surface area (Å²) in [6, 6.07) is 0. The van der Waals surface area contributed by atoms with Gasteiger partial charge in [0.25, 0.3) is 0 Å². The van der Waals surface area contributed by atoms with Crippen LogP contribution >= 0.6 is 0 Å². The van der Waals surface area contributed by atoms with E-state index in [2.05, 4.69) is 10.2 Å². The summed E-state index contributed by atoms with van der Waals surface area (Å²) in [7, 11) is 0. The van der Waals surface area contributed by atoms with Crippen LogP contribution in [0.15, 0.2) is 18.7 Å². The first kappa shape index (κ1) is 6.01. The molecule has 0 N–H and O–H groups in total. The van der Waals surface area contributed by atoms with Crippen LogP contribution in [-0.4, -0.2) is 14.8 Å². The summed E-state index contributed by atoms with van der Waals surface area (Å²) < 4.78 is 1.86. The van der Waals surface area contributed by atoms with Crippen molar-refractivity contribution >= 4 is 5.70 Å². The maximum atomic E-state index is 3.66. The molecule has 0 atom stereocenters. The molecule has 0 saturated heterocycles. The first-order valence-electron chi connectivity index (χ1n) is 2.82. The molecule has 0 aliphatic heterocycles. The lowest BCUT2D eigenvalue weighted by molar-refractivity contribution is 1.07. The van der Waals surface area contributed by atoms with E-state index in [1.165, 1.54) is 0 Å². The highest BCUT2D eigenvalue weighted by molar-refractivity contribution is 5.39. The van der Waals surface area contributed by atoms with Crippen molar-refractivity contribution in [2.45, 2.75) is 13.8 Å². The van der Waals surface area contributed by atoms with Crippen LogP contribution in [0.5, 0.6) is 0 Å². The molecule has 0 fully saturated rings.